The van der Waals surface area contributed by atoms with Crippen LogP contribution in [0.1, 0.15) is 32.1 Å². The Bertz CT molecular complexity index is 346. The first-order chi connectivity index (χ1) is 9.04. The lowest BCUT2D eigenvalue weighted by molar-refractivity contribution is -0.138. The van der Waals surface area contributed by atoms with Crippen LogP contribution in [0.4, 0.5) is 4.79 Å². The number of carboxylic acids is 1. The van der Waals surface area contributed by atoms with Crippen LogP contribution in [0.3, 0.4) is 0 Å². The summed E-state index contributed by atoms with van der Waals surface area (Å²) in [5, 5.41) is 14.0. The van der Waals surface area contributed by atoms with Gasteiger partial charge in [0, 0.05) is 32.6 Å². The minimum Gasteiger partial charge on any atom is -0.481 e. The molecule has 1 heterocycles. The fourth-order valence-electron chi connectivity index (χ4n) is 2.19. The van der Waals surface area contributed by atoms with Gasteiger partial charge >= 0.3 is 12.0 Å². The van der Waals surface area contributed by atoms with E-state index in [1.165, 1.54) is 7.05 Å². The van der Waals surface area contributed by atoms with Gasteiger partial charge < -0.3 is 20.6 Å². The van der Waals surface area contributed by atoms with Gasteiger partial charge in [0.1, 0.15) is 0 Å². The maximum Gasteiger partial charge on any atom is 0.317 e. The number of carbonyl (C=O) groups is 3. The van der Waals surface area contributed by atoms with Crippen molar-refractivity contribution in [2.45, 2.75) is 38.1 Å². The third-order valence-corrected chi connectivity index (χ3v) is 3.21. The Kier molecular flexibility index (Phi) is 6.11. The van der Waals surface area contributed by atoms with Crippen molar-refractivity contribution in [3.8, 4) is 0 Å². The molecule has 1 aliphatic rings. The van der Waals surface area contributed by atoms with E-state index in [2.05, 4.69) is 10.6 Å². The highest BCUT2D eigenvalue weighted by Gasteiger charge is 2.28. The van der Waals surface area contributed by atoms with E-state index >= 15 is 0 Å². The van der Waals surface area contributed by atoms with Gasteiger partial charge in [0.25, 0.3) is 0 Å². The van der Waals surface area contributed by atoms with Crippen LogP contribution < -0.4 is 10.6 Å². The third kappa shape index (κ3) is 5.15. The number of nitrogens with zero attached hydrogens (tertiary/aromatic N) is 1. The first-order valence-electron chi connectivity index (χ1n) is 6.51. The summed E-state index contributed by atoms with van der Waals surface area (Å²) >= 11 is 0. The second kappa shape index (κ2) is 7.60. The van der Waals surface area contributed by atoms with Crippen molar-refractivity contribution >= 4 is 17.9 Å². The zero-order valence-electron chi connectivity index (χ0n) is 11.1. The Balaban J connectivity index is 2.43. The van der Waals surface area contributed by atoms with Crippen LogP contribution in [-0.4, -0.2) is 54.1 Å². The molecule has 19 heavy (non-hydrogen) atoms. The van der Waals surface area contributed by atoms with Crippen molar-refractivity contribution < 1.29 is 19.5 Å². The second-order valence-electron chi connectivity index (χ2n) is 4.60. The molecule has 0 aromatic heterocycles. The highest BCUT2D eigenvalue weighted by molar-refractivity contribution is 5.78. The monoisotopic (exact) mass is 271 g/mol. The Hall–Kier alpha value is -1.79. The van der Waals surface area contributed by atoms with E-state index in [9.17, 15) is 14.4 Å². The molecule has 1 fully saturated rings. The summed E-state index contributed by atoms with van der Waals surface area (Å²) in [7, 11) is 1.54. The zero-order chi connectivity index (χ0) is 14.3. The zero-order valence-corrected chi connectivity index (χ0v) is 11.1. The molecular weight excluding hydrogens is 250 g/mol. The lowest BCUT2D eigenvalue weighted by Crippen LogP contribution is -2.49. The fourth-order valence-corrected chi connectivity index (χ4v) is 2.19. The topological polar surface area (TPSA) is 98.7 Å². The van der Waals surface area contributed by atoms with Gasteiger partial charge in [0.05, 0.1) is 6.42 Å². The van der Waals surface area contributed by atoms with Gasteiger partial charge in [0.15, 0.2) is 0 Å². The Morgan fingerprint density at radius 2 is 2.05 bits per heavy atom. The summed E-state index contributed by atoms with van der Waals surface area (Å²) in [6.07, 6.45) is 2.75. The molecule has 108 valence electrons. The fraction of sp³-hybridized carbons (Fsp3) is 0.750. The van der Waals surface area contributed by atoms with Crippen LogP contribution in [0, 0.1) is 0 Å². The van der Waals surface area contributed by atoms with Crippen LogP contribution in [0.15, 0.2) is 0 Å². The number of aliphatic carboxylic acids is 1. The lowest BCUT2D eigenvalue weighted by atomic mass is 10.00. The van der Waals surface area contributed by atoms with Crippen LogP contribution in [0.5, 0.6) is 0 Å². The first kappa shape index (κ1) is 15.3. The maximum absolute atomic E-state index is 11.9. The van der Waals surface area contributed by atoms with Gasteiger partial charge in [-0.3, -0.25) is 9.59 Å². The minimum absolute atomic E-state index is 0.0249. The van der Waals surface area contributed by atoms with E-state index in [-0.39, 0.29) is 37.4 Å². The Labute approximate surface area is 112 Å². The van der Waals surface area contributed by atoms with Crippen LogP contribution >= 0.6 is 0 Å². The molecular formula is C12H21N3O4. The summed E-state index contributed by atoms with van der Waals surface area (Å²) < 4.78 is 0. The van der Waals surface area contributed by atoms with Crippen molar-refractivity contribution in [2.24, 2.45) is 0 Å². The molecule has 3 N–H and O–H groups in total. The number of rotatable bonds is 5. The summed E-state index contributed by atoms with van der Waals surface area (Å²) in [5.74, 6) is -1.03. The molecule has 1 atom stereocenters. The number of hydrogen-bond acceptors (Lipinski definition) is 3. The van der Waals surface area contributed by atoms with Gasteiger partial charge in [0.2, 0.25) is 5.91 Å². The van der Waals surface area contributed by atoms with E-state index < -0.39 is 5.97 Å². The predicted octanol–water partition coefficient (Wildman–Crippen LogP) is 0.161. The maximum atomic E-state index is 11.9. The summed E-state index contributed by atoms with van der Waals surface area (Å²) in [5.41, 5.74) is 0. The molecule has 1 aliphatic heterocycles. The molecule has 1 rings (SSSR count). The molecule has 3 amide bonds. The summed E-state index contributed by atoms with van der Waals surface area (Å²) in [6.45, 7) is 0.832. The van der Waals surface area contributed by atoms with E-state index in [0.717, 1.165) is 19.3 Å². The van der Waals surface area contributed by atoms with Crippen molar-refractivity contribution in [1.82, 2.24) is 15.5 Å². The molecule has 0 bridgehead atoms. The molecule has 0 radical (unpaired) electrons. The Morgan fingerprint density at radius 3 is 2.68 bits per heavy atom. The van der Waals surface area contributed by atoms with E-state index in [0.29, 0.717) is 6.54 Å². The van der Waals surface area contributed by atoms with Gasteiger partial charge in [-0.25, -0.2) is 4.79 Å². The largest absolute Gasteiger partial charge is 0.481 e. The molecule has 1 unspecified atom stereocenters. The number of nitrogens with one attached hydrogen (secondary N) is 2. The van der Waals surface area contributed by atoms with Gasteiger partial charge in [-0.05, 0) is 19.3 Å². The molecule has 0 spiro atoms. The number of piperidine rings is 1. The Morgan fingerprint density at radius 1 is 1.32 bits per heavy atom. The van der Waals surface area contributed by atoms with Crippen LogP contribution in [0.2, 0.25) is 0 Å². The van der Waals surface area contributed by atoms with Crippen LogP contribution in [-0.2, 0) is 9.59 Å². The minimum atomic E-state index is -0.893. The first-order valence-corrected chi connectivity index (χ1v) is 6.51. The number of amides is 3. The second-order valence-corrected chi connectivity index (χ2v) is 4.60. The van der Waals surface area contributed by atoms with Gasteiger partial charge in [-0.2, -0.15) is 0 Å². The lowest BCUT2D eigenvalue weighted by Gasteiger charge is -2.34. The molecule has 0 aromatic carbocycles. The van der Waals surface area contributed by atoms with E-state index in [1.54, 1.807) is 4.90 Å². The van der Waals surface area contributed by atoms with Crippen molar-refractivity contribution in [1.29, 1.82) is 0 Å². The molecule has 0 aromatic rings. The molecule has 7 heteroatoms. The number of hydrogen-bond donors (Lipinski definition) is 3. The molecule has 0 aliphatic carbocycles. The number of urea groups is 1. The summed E-state index contributed by atoms with van der Waals surface area (Å²) in [4.78, 5) is 35.3. The highest BCUT2D eigenvalue weighted by atomic mass is 16.4. The average molecular weight is 271 g/mol. The van der Waals surface area contributed by atoms with Gasteiger partial charge in [-0.15, -0.1) is 0 Å². The highest BCUT2D eigenvalue weighted by Crippen LogP contribution is 2.19. The SMILES string of the molecule is CNC(=O)CCNC(=O)N1CCCCC1CC(=O)O. The number of carbonyl (C=O) groups excluding carboxylic acids is 2. The van der Waals surface area contributed by atoms with Gasteiger partial charge in [-0.1, -0.05) is 0 Å². The normalized spacial score (nSPS) is 18.8. The van der Waals surface area contributed by atoms with Crippen molar-refractivity contribution in [3.05, 3.63) is 0 Å². The predicted molar refractivity (Wildman–Crippen MR) is 68.7 cm³/mol. The number of likely N-dealkylation sites (tertiary alicyclic amines) is 1. The standard InChI is InChI=1S/C12H21N3O4/c1-13-10(16)5-6-14-12(19)15-7-3-2-4-9(15)8-11(17)18/h9H,2-8H2,1H3,(H,13,16)(H,14,19)(H,17,18). The van der Waals surface area contributed by atoms with E-state index in [4.69, 9.17) is 5.11 Å². The van der Waals surface area contributed by atoms with E-state index in [1.807, 2.05) is 0 Å². The van der Waals surface area contributed by atoms with Crippen LogP contribution in [0.25, 0.3) is 0 Å². The smallest absolute Gasteiger partial charge is 0.317 e. The average Bonchev–Trinajstić information content (AvgIpc) is 2.38. The molecule has 1 saturated heterocycles. The third-order valence-electron chi connectivity index (χ3n) is 3.21. The quantitative estimate of drug-likeness (QED) is 0.663. The number of carboxylic acid groups (broad SMARTS) is 1. The molecule has 7 nitrogen and oxygen atoms in total. The summed E-state index contributed by atoms with van der Waals surface area (Å²) in [6, 6.07) is -0.527. The van der Waals surface area contributed by atoms with Crippen molar-refractivity contribution in [2.75, 3.05) is 20.1 Å². The molecule has 0 saturated carbocycles. The van der Waals surface area contributed by atoms with Crippen molar-refractivity contribution in [3.63, 3.8) is 0 Å².